The SMILES string of the molecule is Cn1c(Cn2cccn2)nnc1C1CCCN(C(=O)c2ccoc2)C1. The first kappa shape index (κ1) is 15.6. The van der Waals surface area contributed by atoms with Gasteiger partial charge in [0.05, 0.1) is 11.8 Å². The van der Waals surface area contributed by atoms with E-state index in [1.54, 1.807) is 12.3 Å². The number of carbonyl (C=O) groups excluding carboxylic acids is 1. The molecule has 8 nitrogen and oxygen atoms in total. The number of furan rings is 1. The van der Waals surface area contributed by atoms with Gasteiger partial charge in [0.2, 0.25) is 0 Å². The van der Waals surface area contributed by atoms with Crippen molar-refractivity contribution in [3.63, 3.8) is 0 Å². The van der Waals surface area contributed by atoms with Gasteiger partial charge in [0.1, 0.15) is 18.6 Å². The van der Waals surface area contributed by atoms with Crippen LogP contribution in [0, 0.1) is 0 Å². The van der Waals surface area contributed by atoms with E-state index in [9.17, 15) is 4.79 Å². The smallest absolute Gasteiger partial charge is 0.257 e. The number of nitrogens with zero attached hydrogens (tertiary/aromatic N) is 6. The van der Waals surface area contributed by atoms with Crippen LogP contribution in [0.4, 0.5) is 0 Å². The lowest BCUT2D eigenvalue weighted by molar-refractivity contribution is 0.0702. The Morgan fingerprint density at radius 2 is 2.32 bits per heavy atom. The van der Waals surface area contributed by atoms with Crippen molar-refractivity contribution >= 4 is 5.91 Å². The number of hydrogen-bond donors (Lipinski definition) is 0. The molecule has 0 aromatic carbocycles. The lowest BCUT2D eigenvalue weighted by atomic mass is 9.96. The summed E-state index contributed by atoms with van der Waals surface area (Å²) >= 11 is 0. The fraction of sp³-hybridized carbons (Fsp3) is 0.412. The van der Waals surface area contributed by atoms with Crippen LogP contribution >= 0.6 is 0 Å². The molecule has 1 saturated heterocycles. The van der Waals surface area contributed by atoms with Gasteiger partial charge in [-0.3, -0.25) is 9.48 Å². The number of likely N-dealkylation sites (tertiary alicyclic amines) is 1. The van der Waals surface area contributed by atoms with Crippen LogP contribution in [0.15, 0.2) is 41.5 Å². The van der Waals surface area contributed by atoms with Crippen molar-refractivity contribution in [1.82, 2.24) is 29.4 Å². The molecule has 1 unspecified atom stereocenters. The van der Waals surface area contributed by atoms with E-state index < -0.39 is 0 Å². The second-order valence-electron chi connectivity index (χ2n) is 6.34. The number of hydrogen-bond acceptors (Lipinski definition) is 5. The summed E-state index contributed by atoms with van der Waals surface area (Å²) in [6.45, 7) is 2.00. The maximum absolute atomic E-state index is 12.6. The fourth-order valence-electron chi connectivity index (χ4n) is 3.35. The second kappa shape index (κ2) is 6.54. The molecule has 25 heavy (non-hydrogen) atoms. The molecule has 4 rings (SSSR count). The van der Waals surface area contributed by atoms with Gasteiger partial charge in [-0.15, -0.1) is 10.2 Å². The Labute approximate surface area is 145 Å². The lowest BCUT2D eigenvalue weighted by Crippen LogP contribution is -2.39. The lowest BCUT2D eigenvalue weighted by Gasteiger charge is -2.32. The van der Waals surface area contributed by atoms with Gasteiger partial charge in [-0.25, -0.2) is 0 Å². The minimum Gasteiger partial charge on any atom is -0.472 e. The minimum atomic E-state index is 0.0115. The van der Waals surface area contributed by atoms with Crippen LogP contribution < -0.4 is 0 Å². The predicted octanol–water partition coefficient (Wildman–Crippen LogP) is 1.67. The summed E-state index contributed by atoms with van der Waals surface area (Å²) in [5.74, 6) is 1.98. The van der Waals surface area contributed by atoms with E-state index in [4.69, 9.17) is 4.42 Å². The van der Waals surface area contributed by atoms with Crippen molar-refractivity contribution in [3.05, 3.63) is 54.3 Å². The molecule has 0 N–H and O–H groups in total. The zero-order valence-corrected chi connectivity index (χ0v) is 14.1. The summed E-state index contributed by atoms with van der Waals surface area (Å²) in [4.78, 5) is 14.4. The van der Waals surface area contributed by atoms with E-state index in [0.717, 1.165) is 31.0 Å². The summed E-state index contributed by atoms with van der Waals surface area (Å²) in [5.41, 5.74) is 0.595. The maximum atomic E-state index is 12.6. The molecule has 0 radical (unpaired) electrons. The Balaban J connectivity index is 1.50. The predicted molar refractivity (Wildman–Crippen MR) is 88.9 cm³/mol. The summed E-state index contributed by atoms with van der Waals surface area (Å²) in [7, 11) is 1.98. The molecule has 0 bridgehead atoms. The summed E-state index contributed by atoms with van der Waals surface area (Å²) in [5, 5.41) is 12.9. The Morgan fingerprint density at radius 1 is 1.40 bits per heavy atom. The van der Waals surface area contributed by atoms with Gasteiger partial charge >= 0.3 is 0 Å². The molecular weight excluding hydrogens is 320 g/mol. The van der Waals surface area contributed by atoms with E-state index >= 15 is 0 Å². The fourth-order valence-corrected chi connectivity index (χ4v) is 3.35. The Hall–Kier alpha value is -2.90. The molecular formula is C17H20N6O2. The van der Waals surface area contributed by atoms with Crippen LogP contribution in [0.1, 0.15) is 40.8 Å². The van der Waals surface area contributed by atoms with Crippen LogP contribution in [0.5, 0.6) is 0 Å². The van der Waals surface area contributed by atoms with Crippen LogP contribution in [-0.2, 0) is 13.6 Å². The summed E-state index contributed by atoms with van der Waals surface area (Å²) in [6.07, 6.45) is 8.63. The Bertz CT molecular complexity index is 837. The normalized spacial score (nSPS) is 17.8. The average Bonchev–Trinajstić information content (AvgIpc) is 3.38. The van der Waals surface area contributed by atoms with Crippen molar-refractivity contribution in [2.45, 2.75) is 25.3 Å². The molecule has 1 aliphatic heterocycles. The van der Waals surface area contributed by atoms with Crippen molar-refractivity contribution in [3.8, 4) is 0 Å². The number of rotatable bonds is 4. The first-order valence-electron chi connectivity index (χ1n) is 8.39. The summed E-state index contributed by atoms with van der Waals surface area (Å²) in [6, 6.07) is 3.59. The standard InChI is InChI=1S/C17H20N6O2/c1-21-15(11-23-8-3-6-18-23)19-20-16(21)13-4-2-7-22(10-13)17(24)14-5-9-25-12-14/h3,5-6,8-9,12-13H,2,4,7,10-11H2,1H3. The molecule has 4 heterocycles. The number of piperidine rings is 1. The molecule has 0 saturated carbocycles. The Kier molecular flexibility index (Phi) is 4.09. The second-order valence-corrected chi connectivity index (χ2v) is 6.34. The zero-order chi connectivity index (χ0) is 17.2. The topological polar surface area (TPSA) is 82.0 Å². The molecule has 1 atom stereocenters. The van der Waals surface area contributed by atoms with E-state index in [1.165, 1.54) is 12.5 Å². The van der Waals surface area contributed by atoms with E-state index in [0.29, 0.717) is 18.7 Å². The number of carbonyl (C=O) groups is 1. The van der Waals surface area contributed by atoms with Crippen LogP contribution in [0.25, 0.3) is 0 Å². The first-order chi connectivity index (χ1) is 12.2. The quantitative estimate of drug-likeness (QED) is 0.721. The molecule has 3 aromatic heterocycles. The van der Waals surface area contributed by atoms with E-state index in [-0.39, 0.29) is 11.8 Å². The van der Waals surface area contributed by atoms with Gasteiger partial charge in [-0.2, -0.15) is 5.10 Å². The highest BCUT2D eigenvalue weighted by molar-refractivity contribution is 5.93. The highest BCUT2D eigenvalue weighted by Crippen LogP contribution is 2.27. The molecule has 130 valence electrons. The molecule has 0 aliphatic carbocycles. The number of amides is 1. The maximum Gasteiger partial charge on any atom is 0.257 e. The van der Waals surface area contributed by atoms with Gasteiger partial charge in [0.25, 0.3) is 5.91 Å². The first-order valence-corrected chi connectivity index (χ1v) is 8.39. The van der Waals surface area contributed by atoms with Crippen molar-refractivity contribution in [1.29, 1.82) is 0 Å². The van der Waals surface area contributed by atoms with Crippen LogP contribution in [0.2, 0.25) is 0 Å². The molecule has 1 fully saturated rings. The molecule has 3 aromatic rings. The van der Waals surface area contributed by atoms with Crippen molar-refractivity contribution < 1.29 is 9.21 Å². The highest BCUT2D eigenvalue weighted by atomic mass is 16.3. The third-order valence-corrected chi connectivity index (χ3v) is 4.70. The van der Waals surface area contributed by atoms with E-state index in [2.05, 4.69) is 15.3 Å². The third kappa shape index (κ3) is 3.07. The average molecular weight is 340 g/mol. The number of aromatic nitrogens is 5. The van der Waals surface area contributed by atoms with Gasteiger partial charge in [0.15, 0.2) is 5.82 Å². The van der Waals surface area contributed by atoms with Crippen LogP contribution in [0.3, 0.4) is 0 Å². The van der Waals surface area contributed by atoms with E-state index in [1.807, 2.05) is 33.5 Å². The largest absolute Gasteiger partial charge is 0.472 e. The monoisotopic (exact) mass is 340 g/mol. The molecule has 0 spiro atoms. The third-order valence-electron chi connectivity index (χ3n) is 4.70. The molecule has 1 amide bonds. The minimum absolute atomic E-state index is 0.0115. The molecule has 1 aliphatic rings. The van der Waals surface area contributed by atoms with Gasteiger partial charge in [-0.05, 0) is 25.0 Å². The highest BCUT2D eigenvalue weighted by Gasteiger charge is 2.29. The Morgan fingerprint density at radius 3 is 3.08 bits per heavy atom. The van der Waals surface area contributed by atoms with Crippen molar-refractivity contribution in [2.24, 2.45) is 7.05 Å². The van der Waals surface area contributed by atoms with Crippen LogP contribution in [-0.4, -0.2) is 48.4 Å². The van der Waals surface area contributed by atoms with Gasteiger partial charge < -0.3 is 13.9 Å². The molecule has 8 heteroatoms. The van der Waals surface area contributed by atoms with Gasteiger partial charge in [0, 0.05) is 38.4 Å². The zero-order valence-electron chi connectivity index (χ0n) is 14.1. The van der Waals surface area contributed by atoms with Gasteiger partial charge in [-0.1, -0.05) is 0 Å². The summed E-state index contributed by atoms with van der Waals surface area (Å²) < 4.78 is 8.88. The van der Waals surface area contributed by atoms with Crippen molar-refractivity contribution in [2.75, 3.05) is 13.1 Å².